The summed E-state index contributed by atoms with van der Waals surface area (Å²) in [4.78, 5) is 26.7. The van der Waals surface area contributed by atoms with Gasteiger partial charge >= 0.3 is 6.03 Å². The Kier molecular flexibility index (Phi) is 7.89. The minimum atomic E-state index is -0.807. The van der Waals surface area contributed by atoms with Crippen LogP contribution >= 0.6 is 0 Å². The van der Waals surface area contributed by atoms with Crippen LogP contribution in [0.1, 0.15) is 48.2 Å². The molecule has 0 fully saturated rings. The van der Waals surface area contributed by atoms with Gasteiger partial charge in [-0.05, 0) is 55.5 Å². The van der Waals surface area contributed by atoms with Gasteiger partial charge in [-0.15, -0.1) is 0 Å². The average Bonchev–Trinajstić information content (AvgIpc) is 2.79. The molecule has 2 aromatic carbocycles. The molecule has 1 heterocycles. The molecule has 1 aliphatic rings. The normalized spacial score (nSPS) is 14.0. The number of fused-ring (bicyclic) bond motifs is 1. The highest BCUT2D eigenvalue weighted by atomic mass is 16.6. The lowest BCUT2D eigenvalue weighted by atomic mass is 9.98. The van der Waals surface area contributed by atoms with Crippen molar-refractivity contribution in [3.63, 3.8) is 0 Å². The topological polar surface area (TPSA) is 82.1 Å². The van der Waals surface area contributed by atoms with Crippen molar-refractivity contribution in [2.24, 2.45) is 0 Å². The van der Waals surface area contributed by atoms with Crippen LogP contribution in [0.25, 0.3) is 0 Å². The fraction of sp³-hybridized carbons (Fsp3) is 0.417. The van der Waals surface area contributed by atoms with Crippen LogP contribution < -0.4 is 10.1 Å². The number of benzene rings is 2. The van der Waals surface area contributed by atoms with E-state index in [1.807, 2.05) is 36.1 Å². The van der Waals surface area contributed by atoms with Crippen molar-refractivity contribution in [1.29, 1.82) is 0 Å². The maximum atomic E-state index is 12.9. The molecule has 0 aliphatic carbocycles. The number of nitrogens with one attached hydrogen (secondary N) is 1. The molecule has 2 N–H and O–H groups in total. The van der Waals surface area contributed by atoms with Crippen LogP contribution in [-0.4, -0.2) is 53.0 Å². The molecule has 0 bridgehead atoms. The van der Waals surface area contributed by atoms with Crippen molar-refractivity contribution >= 4 is 11.9 Å². The number of rotatable bonds is 9. The molecule has 7 heteroatoms. The zero-order chi connectivity index (χ0) is 22.2. The third kappa shape index (κ3) is 5.76. The number of amides is 3. The van der Waals surface area contributed by atoms with Gasteiger partial charge in [0, 0.05) is 31.6 Å². The molecule has 0 saturated heterocycles. The lowest BCUT2D eigenvalue weighted by Gasteiger charge is -2.30. The van der Waals surface area contributed by atoms with Gasteiger partial charge in [0.1, 0.15) is 5.75 Å². The van der Waals surface area contributed by atoms with Crippen LogP contribution in [0.15, 0.2) is 48.5 Å². The van der Waals surface area contributed by atoms with E-state index in [0.717, 1.165) is 31.4 Å². The van der Waals surface area contributed by atoms with Crippen molar-refractivity contribution in [1.82, 2.24) is 15.3 Å². The first kappa shape index (κ1) is 22.6. The smallest absolute Gasteiger partial charge is 0.344 e. The Labute approximate surface area is 183 Å². The Hall–Kier alpha value is -3.06. The zero-order valence-electron chi connectivity index (χ0n) is 18.2. The summed E-state index contributed by atoms with van der Waals surface area (Å²) < 4.78 is 5.83. The molecule has 0 spiro atoms. The zero-order valence-corrected chi connectivity index (χ0v) is 18.2. The number of aryl methyl sites for hydroxylation is 1. The summed E-state index contributed by atoms with van der Waals surface area (Å²) >= 11 is 0. The van der Waals surface area contributed by atoms with Gasteiger partial charge in [-0.3, -0.25) is 10.0 Å². The van der Waals surface area contributed by atoms with Crippen LogP contribution in [0.2, 0.25) is 0 Å². The van der Waals surface area contributed by atoms with Crippen LogP contribution in [0.4, 0.5) is 4.79 Å². The highest BCUT2D eigenvalue weighted by molar-refractivity contribution is 5.97. The summed E-state index contributed by atoms with van der Waals surface area (Å²) in [5.41, 5.74) is 2.90. The number of urea groups is 1. The van der Waals surface area contributed by atoms with Crippen molar-refractivity contribution in [2.75, 3.05) is 19.6 Å². The highest BCUT2D eigenvalue weighted by Gasteiger charge is 2.26. The predicted molar refractivity (Wildman–Crippen MR) is 118 cm³/mol. The Balaban J connectivity index is 1.60. The average molecular weight is 426 g/mol. The van der Waals surface area contributed by atoms with Gasteiger partial charge in [-0.1, -0.05) is 37.3 Å². The number of ether oxygens (including phenoxy) is 1. The Bertz CT molecular complexity index is 888. The molecule has 1 aliphatic heterocycles. The van der Waals surface area contributed by atoms with Crippen molar-refractivity contribution in [2.45, 2.75) is 45.8 Å². The number of carbonyl (C=O) groups is 2. The quantitative estimate of drug-likeness (QED) is 0.363. The molecule has 0 aromatic heterocycles. The molecule has 31 heavy (non-hydrogen) atoms. The van der Waals surface area contributed by atoms with Gasteiger partial charge < -0.3 is 15.0 Å². The Morgan fingerprint density at radius 1 is 1.23 bits per heavy atom. The van der Waals surface area contributed by atoms with E-state index >= 15 is 0 Å². The van der Waals surface area contributed by atoms with Crippen molar-refractivity contribution in [3.8, 4) is 5.75 Å². The number of nitrogens with zero attached hydrogens (tertiary/aromatic N) is 2. The lowest BCUT2D eigenvalue weighted by molar-refractivity contribution is -0.142. The molecule has 2 aromatic rings. The monoisotopic (exact) mass is 425 g/mol. The van der Waals surface area contributed by atoms with Gasteiger partial charge in [0.15, 0.2) is 6.23 Å². The molecule has 0 radical (unpaired) electrons. The van der Waals surface area contributed by atoms with Gasteiger partial charge in [-0.25, -0.2) is 4.79 Å². The number of hydroxylamine groups is 2. The molecule has 1 atom stereocenters. The van der Waals surface area contributed by atoms with Gasteiger partial charge in [0.2, 0.25) is 0 Å². The first-order valence-electron chi connectivity index (χ1n) is 10.9. The first-order chi connectivity index (χ1) is 15.0. The fourth-order valence-electron chi connectivity index (χ4n) is 3.74. The second kappa shape index (κ2) is 10.8. The van der Waals surface area contributed by atoms with Crippen molar-refractivity contribution < 1.29 is 19.5 Å². The van der Waals surface area contributed by atoms with E-state index < -0.39 is 12.3 Å². The Morgan fingerprint density at radius 2 is 2.00 bits per heavy atom. The summed E-state index contributed by atoms with van der Waals surface area (Å²) in [5, 5.41) is 13.2. The van der Waals surface area contributed by atoms with Gasteiger partial charge in [0.05, 0.1) is 0 Å². The van der Waals surface area contributed by atoms with E-state index in [9.17, 15) is 14.8 Å². The van der Waals surface area contributed by atoms with Gasteiger partial charge in [-0.2, -0.15) is 5.06 Å². The Morgan fingerprint density at radius 3 is 2.71 bits per heavy atom. The van der Waals surface area contributed by atoms with Crippen molar-refractivity contribution in [3.05, 3.63) is 65.2 Å². The highest BCUT2D eigenvalue weighted by Crippen LogP contribution is 2.25. The molecule has 166 valence electrons. The number of hydrogen-bond acceptors (Lipinski definition) is 4. The SMILES string of the molecule is CCNC(=O)N(O)C(CC)Oc1ccc2c(c1)CCN(CCCc1ccccc1)C2=O. The summed E-state index contributed by atoms with van der Waals surface area (Å²) in [7, 11) is 0. The molecular weight excluding hydrogens is 394 g/mol. The maximum absolute atomic E-state index is 12.9. The minimum Gasteiger partial charge on any atom is -0.468 e. The summed E-state index contributed by atoms with van der Waals surface area (Å²) in [6.45, 7) is 5.41. The second-order valence-electron chi connectivity index (χ2n) is 7.61. The first-order valence-corrected chi connectivity index (χ1v) is 10.9. The summed E-state index contributed by atoms with van der Waals surface area (Å²) in [5.74, 6) is 0.568. The van der Waals surface area contributed by atoms with E-state index in [4.69, 9.17) is 4.74 Å². The van der Waals surface area contributed by atoms with Crippen LogP contribution in [0, 0.1) is 0 Å². The van der Waals surface area contributed by atoms with E-state index in [1.165, 1.54) is 5.56 Å². The third-order valence-corrected chi connectivity index (χ3v) is 5.41. The van der Waals surface area contributed by atoms with E-state index in [1.54, 1.807) is 19.1 Å². The molecule has 1 unspecified atom stereocenters. The van der Waals surface area contributed by atoms with Crippen LogP contribution in [-0.2, 0) is 12.8 Å². The third-order valence-electron chi connectivity index (χ3n) is 5.41. The maximum Gasteiger partial charge on any atom is 0.344 e. The number of hydrogen-bond donors (Lipinski definition) is 2. The molecule has 3 amide bonds. The standard InChI is InChI=1S/C24H31N3O4/c1-3-22(27(30)24(29)25-4-2)31-20-12-13-21-19(17-20)14-16-26(23(21)28)15-8-11-18-9-6-5-7-10-18/h5-7,9-10,12-13,17,22,30H,3-4,8,11,14-16H2,1-2H3,(H,25,29). The van der Waals surface area contributed by atoms with Crippen LogP contribution in [0.5, 0.6) is 5.75 Å². The van der Waals surface area contributed by atoms with E-state index in [-0.39, 0.29) is 5.91 Å². The fourth-order valence-corrected chi connectivity index (χ4v) is 3.74. The molecule has 0 saturated carbocycles. The predicted octanol–water partition coefficient (Wildman–Crippen LogP) is 3.85. The number of carbonyl (C=O) groups excluding carboxylic acids is 2. The summed E-state index contributed by atoms with van der Waals surface area (Å²) in [6.07, 6.45) is 2.24. The van der Waals surface area contributed by atoms with Crippen LogP contribution in [0.3, 0.4) is 0 Å². The van der Waals surface area contributed by atoms with Gasteiger partial charge in [0.25, 0.3) is 5.91 Å². The second-order valence-corrected chi connectivity index (χ2v) is 7.61. The lowest BCUT2D eigenvalue weighted by Crippen LogP contribution is -2.46. The van der Waals surface area contributed by atoms with E-state index in [0.29, 0.717) is 35.9 Å². The molecule has 3 rings (SSSR count). The molecule has 7 nitrogen and oxygen atoms in total. The summed E-state index contributed by atoms with van der Waals surface area (Å²) in [6, 6.07) is 15.0. The minimum absolute atomic E-state index is 0.0408. The molecular formula is C24H31N3O4. The van der Waals surface area contributed by atoms with E-state index in [2.05, 4.69) is 17.4 Å². The largest absolute Gasteiger partial charge is 0.468 e.